The average Bonchev–Trinajstić information content (AvgIpc) is 4.18. The molecule has 0 saturated carbocycles. The summed E-state index contributed by atoms with van der Waals surface area (Å²) in [5.74, 6) is 0.471. The predicted molar refractivity (Wildman–Crippen MR) is 230 cm³/mol. The molecule has 3 aromatic heterocycles. The molecule has 0 radical (unpaired) electrons. The minimum Gasteiger partial charge on any atom is -0.465 e. The van der Waals surface area contributed by atoms with E-state index < -0.39 is 30.1 Å². The molecule has 9 rings (SSSR count). The fourth-order valence-electron chi connectivity index (χ4n) is 9.96. The Hall–Kier alpha value is -6.27. The van der Waals surface area contributed by atoms with Crippen molar-refractivity contribution in [3.05, 3.63) is 72.3 Å². The number of furan rings is 1. The molecule has 4 amide bonds. The van der Waals surface area contributed by atoms with Gasteiger partial charge < -0.3 is 48.8 Å². The highest BCUT2D eigenvalue weighted by Gasteiger charge is 2.43. The zero-order valence-electron chi connectivity index (χ0n) is 35.9. The highest BCUT2D eigenvalue weighted by atomic mass is 19.1. The van der Waals surface area contributed by atoms with E-state index in [1.807, 2.05) is 18.2 Å². The number of halogens is 1. The number of H-pyrrole nitrogens is 2. The molecule has 7 heterocycles. The number of aromatic nitrogens is 4. The zero-order chi connectivity index (χ0) is 44.5. The summed E-state index contributed by atoms with van der Waals surface area (Å²) in [7, 11) is 2.73. The molecule has 0 bridgehead atoms. The number of imidazole rings is 2. The largest absolute Gasteiger partial charge is 0.465 e. The number of alkyl carbamates (subject to hydrolysis) is 1. The zero-order valence-corrected chi connectivity index (χ0v) is 35.9. The summed E-state index contributed by atoms with van der Waals surface area (Å²) in [5.41, 5.74) is 3.59. The topological polar surface area (TPSA) is 208 Å². The van der Waals surface area contributed by atoms with Crippen LogP contribution in [-0.2, 0) is 23.8 Å². The summed E-state index contributed by atoms with van der Waals surface area (Å²) in [6.07, 6.45) is 7.02. The van der Waals surface area contributed by atoms with Crippen molar-refractivity contribution in [1.82, 2.24) is 40.0 Å². The van der Waals surface area contributed by atoms with Crippen LogP contribution in [0.4, 0.5) is 14.0 Å². The van der Waals surface area contributed by atoms with E-state index in [1.54, 1.807) is 40.4 Å². The number of fused-ring (bicyclic) bond motifs is 1. The first-order valence-electron chi connectivity index (χ1n) is 22.1. The van der Waals surface area contributed by atoms with Crippen molar-refractivity contribution in [3.8, 4) is 33.8 Å². The van der Waals surface area contributed by atoms with Crippen LogP contribution in [0.1, 0.15) is 75.1 Å². The number of hydrogen-bond acceptors (Lipinski definition) is 10. The molecule has 64 heavy (non-hydrogen) atoms. The standard InChI is InChI=1S/C46H53FN8O9/c1-53(46(59)60)40(27-13-19-63-20-14-27)44(57)55-16-4-6-36(55)42-49-25-34(51-42)29-7-9-31(32(47)22-29)38-23-30-21-28(8-10-37(30)64-38)33-24-48-41(50-33)35-5-3-15-54(35)43(56)39(52-45(58)61-2)26-11-17-62-18-12-26/h7-10,21-27,35-36,39-40H,3-6,11-20H2,1-2H3,(H,48,50)(H,49,51)(H,52,58)(H,59,60)/t35-,36-,39-,40-/m0/s1. The molecule has 4 saturated heterocycles. The van der Waals surface area contributed by atoms with Gasteiger partial charge in [-0.1, -0.05) is 6.07 Å². The molecule has 4 N–H and O–H groups in total. The van der Waals surface area contributed by atoms with E-state index in [-0.39, 0.29) is 41.3 Å². The van der Waals surface area contributed by atoms with Gasteiger partial charge >= 0.3 is 12.2 Å². The first-order valence-corrected chi connectivity index (χ1v) is 22.1. The van der Waals surface area contributed by atoms with Crippen molar-refractivity contribution in [3.63, 3.8) is 0 Å². The molecular formula is C46H53FN8O9. The Morgan fingerprint density at radius 1 is 0.812 bits per heavy atom. The van der Waals surface area contributed by atoms with Crippen LogP contribution in [0.15, 0.2) is 59.3 Å². The number of aromatic amines is 2. The number of rotatable bonds is 11. The smallest absolute Gasteiger partial charge is 0.407 e. The predicted octanol–water partition coefficient (Wildman–Crippen LogP) is 6.90. The summed E-state index contributed by atoms with van der Waals surface area (Å²) < 4.78 is 38.0. The van der Waals surface area contributed by atoms with E-state index in [2.05, 4.69) is 20.3 Å². The molecule has 4 aliphatic heterocycles. The monoisotopic (exact) mass is 880 g/mol. The number of likely N-dealkylation sites (tertiary alicyclic amines) is 2. The van der Waals surface area contributed by atoms with Gasteiger partial charge in [0, 0.05) is 63.1 Å². The molecule has 2 aromatic carbocycles. The van der Waals surface area contributed by atoms with E-state index in [0.29, 0.717) is 106 Å². The lowest BCUT2D eigenvalue weighted by molar-refractivity contribution is -0.140. The molecule has 5 aromatic rings. The summed E-state index contributed by atoms with van der Waals surface area (Å²) in [6, 6.07) is 10.1. The third kappa shape index (κ3) is 8.55. The number of likely N-dealkylation sites (N-methyl/N-ethyl adjacent to an activating group) is 1. The van der Waals surface area contributed by atoms with Gasteiger partial charge in [0.15, 0.2) is 0 Å². The summed E-state index contributed by atoms with van der Waals surface area (Å²) in [5, 5.41) is 13.4. The lowest BCUT2D eigenvalue weighted by Crippen LogP contribution is -2.53. The summed E-state index contributed by atoms with van der Waals surface area (Å²) in [6.45, 7) is 3.05. The van der Waals surface area contributed by atoms with E-state index in [1.165, 1.54) is 20.2 Å². The number of methoxy groups -OCH3 is 1. The number of hydrogen-bond donors (Lipinski definition) is 4. The Morgan fingerprint density at radius 2 is 1.39 bits per heavy atom. The van der Waals surface area contributed by atoms with Crippen LogP contribution in [0.5, 0.6) is 0 Å². The molecule has 4 fully saturated rings. The number of carbonyl (C=O) groups is 4. The first kappa shape index (κ1) is 43.0. The Morgan fingerprint density at radius 3 is 1.98 bits per heavy atom. The number of amides is 4. The van der Waals surface area contributed by atoms with Gasteiger partial charge in [-0.05, 0) is 99.6 Å². The number of carbonyl (C=O) groups excluding carboxylic acids is 3. The van der Waals surface area contributed by atoms with Gasteiger partial charge in [0.25, 0.3) is 0 Å². The molecule has 18 heteroatoms. The second-order valence-electron chi connectivity index (χ2n) is 17.2. The van der Waals surface area contributed by atoms with Crippen LogP contribution in [0.3, 0.4) is 0 Å². The summed E-state index contributed by atoms with van der Waals surface area (Å²) in [4.78, 5) is 73.1. The molecule has 4 aliphatic rings. The fourth-order valence-corrected chi connectivity index (χ4v) is 9.96. The van der Waals surface area contributed by atoms with Gasteiger partial charge in [-0.2, -0.15) is 0 Å². The van der Waals surface area contributed by atoms with Crippen LogP contribution in [0.2, 0.25) is 0 Å². The van der Waals surface area contributed by atoms with E-state index >= 15 is 4.39 Å². The normalized spacial score (nSPS) is 20.7. The highest BCUT2D eigenvalue weighted by molar-refractivity contribution is 5.88. The van der Waals surface area contributed by atoms with E-state index in [0.717, 1.165) is 40.8 Å². The Kier molecular flexibility index (Phi) is 12.4. The average molecular weight is 881 g/mol. The van der Waals surface area contributed by atoms with E-state index in [9.17, 15) is 24.3 Å². The van der Waals surface area contributed by atoms with Crippen LogP contribution in [0.25, 0.3) is 44.8 Å². The maximum Gasteiger partial charge on any atom is 0.407 e. The van der Waals surface area contributed by atoms with Gasteiger partial charge in [0.05, 0.1) is 48.5 Å². The second kappa shape index (κ2) is 18.4. The highest BCUT2D eigenvalue weighted by Crippen LogP contribution is 2.38. The molecular weight excluding hydrogens is 828 g/mol. The lowest BCUT2D eigenvalue weighted by Gasteiger charge is -2.37. The van der Waals surface area contributed by atoms with E-state index in [4.69, 9.17) is 23.6 Å². The van der Waals surface area contributed by atoms with Gasteiger partial charge in [-0.15, -0.1) is 0 Å². The SMILES string of the molecule is COC(=O)N[C@H](C(=O)N1CCC[C@H]1c1ncc(-c2ccc3oc(-c4ccc(-c5cnc([C@@H]6CCCN6C(=O)[C@H](C6CCOCC6)N(C)C(=O)O)[nH]5)cc4F)cc3c2)[nH]1)C1CCOCC1. The van der Waals surface area contributed by atoms with Crippen LogP contribution < -0.4 is 5.32 Å². The summed E-state index contributed by atoms with van der Waals surface area (Å²) >= 11 is 0. The maximum absolute atomic E-state index is 16.0. The van der Waals surface area contributed by atoms with Crippen LogP contribution >= 0.6 is 0 Å². The first-order chi connectivity index (χ1) is 31.1. The number of ether oxygens (including phenoxy) is 3. The van der Waals surface area contributed by atoms with Crippen molar-refractivity contribution < 1.29 is 47.3 Å². The number of nitrogens with one attached hydrogen (secondary N) is 3. The van der Waals surface area contributed by atoms with Gasteiger partial charge in [-0.25, -0.2) is 23.9 Å². The lowest BCUT2D eigenvalue weighted by atomic mass is 9.89. The second-order valence-corrected chi connectivity index (χ2v) is 17.2. The molecule has 0 unspecified atom stereocenters. The minimum atomic E-state index is -1.15. The Bertz CT molecular complexity index is 2510. The van der Waals surface area contributed by atoms with Crippen molar-refractivity contribution in [1.29, 1.82) is 0 Å². The molecule has 17 nitrogen and oxygen atoms in total. The molecule has 4 atom stereocenters. The fraction of sp³-hybridized carbons (Fsp3) is 0.478. The molecule has 338 valence electrons. The van der Waals surface area contributed by atoms with Crippen molar-refractivity contribution in [2.75, 3.05) is 53.7 Å². The molecule has 0 aliphatic carbocycles. The van der Waals surface area contributed by atoms with Crippen molar-refractivity contribution in [2.24, 2.45) is 11.8 Å². The van der Waals surface area contributed by atoms with Crippen molar-refractivity contribution in [2.45, 2.75) is 75.5 Å². The van der Waals surface area contributed by atoms with Gasteiger partial charge in [-0.3, -0.25) is 14.5 Å². The third-order valence-corrected chi connectivity index (χ3v) is 13.4. The minimum absolute atomic E-state index is 0.0666. The number of nitrogens with zero attached hydrogens (tertiary/aromatic N) is 5. The van der Waals surface area contributed by atoms with Gasteiger partial charge in [0.2, 0.25) is 11.8 Å². The van der Waals surface area contributed by atoms with Crippen molar-refractivity contribution >= 4 is 35.0 Å². The quantitative estimate of drug-likeness (QED) is 0.107. The Labute approximate surface area is 368 Å². The van der Waals surface area contributed by atoms with Crippen LogP contribution in [-0.4, -0.2) is 130 Å². The Balaban J connectivity index is 0.891. The maximum atomic E-state index is 16.0. The van der Waals surface area contributed by atoms with Gasteiger partial charge in [0.1, 0.15) is 40.9 Å². The van der Waals surface area contributed by atoms with Crippen LogP contribution in [0, 0.1) is 17.7 Å². The number of benzene rings is 2. The third-order valence-electron chi connectivity index (χ3n) is 13.4. The number of carboxylic acid groups (broad SMARTS) is 1. The molecule has 0 spiro atoms.